The Labute approximate surface area is 147 Å². The molecule has 2 rings (SSSR count). The monoisotopic (exact) mass is 348 g/mol. The maximum Gasteiger partial charge on any atom is 0.254 e. The van der Waals surface area contributed by atoms with Gasteiger partial charge in [-0.3, -0.25) is 4.79 Å². The standard InChI is InChI=1S/C19H22ClFN2O/c1-4-13-5-7-14(8-6-13)18(23(2)3)12-22-19(24)16-11-15(20)9-10-17(16)21/h5-11,18H,4,12H2,1-3H3,(H,22,24). The van der Waals surface area contributed by atoms with Crippen LogP contribution in [0, 0.1) is 5.82 Å². The molecule has 0 radical (unpaired) electrons. The summed E-state index contributed by atoms with van der Waals surface area (Å²) in [6.45, 7) is 2.49. The lowest BCUT2D eigenvalue weighted by molar-refractivity contribution is 0.0938. The van der Waals surface area contributed by atoms with Gasteiger partial charge in [-0.15, -0.1) is 0 Å². The lowest BCUT2D eigenvalue weighted by atomic mass is 10.0. The minimum atomic E-state index is -0.578. The van der Waals surface area contributed by atoms with Crippen LogP contribution in [0.5, 0.6) is 0 Å². The number of aryl methyl sites for hydroxylation is 1. The number of carbonyl (C=O) groups is 1. The first-order valence-corrected chi connectivity index (χ1v) is 8.28. The molecule has 0 fully saturated rings. The van der Waals surface area contributed by atoms with Crippen molar-refractivity contribution in [3.63, 3.8) is 0 Å². The lowest BCUT2D eigenvalue weighted by Gasteiger charge is -2.25. The molecule has 24 heavy (non-hydrogen) atoms. The first-order valence-electron chi connectivity index (χ1n) is 7.91. The molecule has 0 bridgehead atoms. The number of carbonyl (C=O) groups excluding carboxylic acids is 1. The van der Waals surface area contributed by atoms with Crippen LogP contribution in [0.25, 0.3) is 0 Å². The molecule has 1 atom stereocenters. The molecule has 0 aliphatic rings. The molecule has 2 aromatic rings. The topological polar surface area (TPSA) is 32.3 Å². The van der Waals surface area contributed by atoms with Gasteiger partial charge in [-0.2, -0.15) is 0 Å². The second-order valence-corrected chi connectivity index (χ2v) is 6.35. The zero-order chi connectivity index (χ0) is 17.7. The Bertz CT molecular complexity index is 701. The minimum Gasteiger partial charge on any atom is -0.350 e. The summed E-state index contributed by atoms with van der Waals surface area (Å²) in [6, 6.07) is 12.3. The third kappa shape index (κ3) is 4.56. The van der Waals surface area contributed by atoms with E-state index in [4.69, 9.17) is 11.6 Å². The molecule has 1 unspecified atom stereocenters. The summed E-state index contributed by atoms with van der Waals surface area (Å²) >= 11 is 5.84. The fourth-order valence-corrected chi connectivity index (χ4v) is 2.70. The highest BCUT2D eigenvalue weighted by Gasteiger charge is 2.17. The van der Waals surface area contributed by atoms with Gasteiger partial charge >= 0.3 is 0 Å². The third-order valence-corrected chi connectivity index (χ3v) is 4.26. The van der Waals surface area contributed by atoms with E-state index >= 15 is 0 Å². The quantitative estimate of drug-likeness (QED) is 0.853. The number of rotatable bonds is 6. The number of hydrogen-bond acceptors (Lipinski definition) is 2. The Morgan fingerprint density at radius 2 is 1.88 bits per heavy atom. The molecule has 0 aromatic heterocycles. The van der Waals surface area contributed by atoms with Crippen molar-refractivity contribution in [2.24, 2.45) is 0 Å². The van der Waals surface area contributed by atoms with E-state index in [2.05, 4.69) is 36.5 Å². The van der Waals surface area contributed by atoms with Gasteiger partial charge in [0.15, 0.2) is 0 Å². The molecular weight excluding hydrogens is 327 g/mol. The minimum absolute atomic E-state index is 0.00195. The molecule has 2 aromatic carbocycles. The van der Waals surface area contributed by atoms with Crippen LogP contribution in [-0.2, 0) is 6.42 Å². The molecule has 0 spiro atoms. The van der Waals surface area contributed by atoms with Gasteiger partial charge in [0, 0.05) is 11.6 Å². The van der Waals surface area contributed by atoms with E-state index in [0.717, 1.165) is 12.0 Å². The zero-order valence-corrected chi connectivity index (χ0v) is 14.9. The summed E-state index contributed by atoms with van der Waals surface area (Å²) in [5, 5.41) is 3.13. The second kappa shape index (κ2) is 8.27. The van der Waals surface area contributed by atoms with E-state index in [9.17, 15) is 9.18 Å². The van der Waals surface area contributed by atoms with Gasteiger partial charge in [-0.1, -0.05) is 42.8 Å². The van der Waals surface area contributed by atoms with Crippen molar-refractivity contribution >= 4 is 17.5 Å². The fraction of sp³-hybridized carbons (Fsp3) is 0.316. The Morgan fingerprint density at radius 1 is 1.21 bits per heavy atom. The summed E-state index contributed by atoms with van der Waals surface area (Å²) in [4.78, 5) is 14.3. The van der Waals surface area contributed by atoms with E-state index in [-0.39, 0.29) is 11.6 Å². The largest absolute Gasteiger partial charge is 0.350 e. The highest BCUT2D eigenvalue weighted by atomic mass is 35.5. The van der Waals surface area contributed by atoms with Crippen LogP contribution >= 0.6 is 11.6 Å². The van der Waals surface area contributed by atoms with Gasteiger partial charge in [-0.25, -0.2) is 4.39 Å². The Hall–Kier alpha value is -1.91. The lowest BCUT2D eigenvalue weighted by Crippen LogP contribution is -2.34. The summed E-state index contributed by atoms with van der Waals surface area (Å²) in [7, 11) is 3.90. The van der Waals surface area contributed by atoms with Crippen LogP contribution in [0.2, 0.25) is 5.02 Å². The maximum absolute atomic E-state index is 13.8. The van der Waals surface area contributed by atoms with E-state index in [0.29, 0.717) is 11.6 Å². The van der Waals surface area contributed by atoms with Crippen LogP contribution in [0.1, 0.15) is 34.5 Å². The number of nitrogens with one attached hydrogen (secondary N) is 1. The van der Waals surface area contributed by atoms with Gasteiger partial charge in [0.2, 0.25) is 0 Å². The van der Waals surface area contributed by atoms with Crippen LogP contribution < -0.4 is 5.32 Å². The van der Waals surface area contributed by atoms with Crippen molar-refractivity contribution in [3.8, 4) is 0 Å². The third-order valence-electron chi connectivity index (χ3n) is 4.03. The number of amides is 1. The molecule has 1 N–H and O–H groups in total. The molecular formula is C19H22ClFN2O. The fourth-order valence-electron chi connectivity index (χ4n) is 2.53. The molecule has 5 heteroatoms. The number of nitrogens with zero attached hydrogens (tertiary/aromatic N) is 1. The van der Waals surface area contributed by atoms with Crippen molar-refractivity contribution in [1.82, 2.24) is 10.2 Å². The van der Waals surface area contributed by atoms with Gasteiger partial charge in [0.1, 0.15) is 5.82 Å². The van der Waals surface area contributed by atoms with E-state index in [1.807, 2.05) is 19.0 Å². The average molecular weight is 349 g/mol. The molecule has 3 nitrogen and oxygen atoms in total. The predicted molar refractivity (Wildman–Crippen MR) is 96.0 cm³/mol. The first kappa shape index (κ1) is 18.4. The van der Waals surface area contributed by atoms with Gasteiger partial charge in [0.25, 0.3) is 5.91 Å². The SMILES string of the molecule is CCc1ccc(C(CNC(=O)c2cc(Cl)ccc2F)N(C)C)cc1. The number of hydrogen-bond donors (Lipinski definition) is 1. The summed E-state index contributed by atoms with van der Waals surface area (Å²) in [5.74, 6) is -1.04. The zero-order valence-electron chi connectivity index (χ0n) is 14.1. The average Bonchev–Trinajstić information content (AvgIpc) is 2.57. The summed E-state index contributed by atoms with van der Waals surface area (Å²) in [6.07, 6.45) is 0.984. The van der Waals surface area contributed by atoms with Gasteiger partial charge in [-0.05, 0) is 49.8 Å². The Balaban J connectivity index is 2.10. The highest BCUT2D eigenvalue weighted by molar-refractivity contribution is 6.31. The number of likely N-dealkylation sites (N-methyl/N-ethyl adjacent to an activating group) is 1. The Morgan fingerprint density at radius 3 is 2.46 bits per heavy atom. The second-order valence-electron chi connectivity index (χ2n) is 5.91. The molecule has 0 aliphatic carbocycles. The smallest absolute Gasteiger partial charge is 0.254 e. The summed E-state index contributed by atoms with van der Waals surface area (Å²) in [5.41, 5.74) is 2.33. The molecule has 1 amide bonds. The molecule has 0 saturated heterocycles. The number of benzene rings is 2. The van der Waals surface area contributed by atoms with Crippen molar-refractivity contribution in [2.45, 2.75) is 19.4 Å². The molecule has 0 heterocycles. The van der Waals surface area contributed by atoms with Crippen molar-refractivity contribution in [1.29, 1.82) is 0 Å². The van der Waals surface area contributed by atoms with E-state index in [1.165, 1.54) is 23.8 Å². The van der Waals surface area contributed by atoms with Gasteiger partial charge in [0.05, 0.1) is 11.6 Å². The van der Waals surface area contributed by atoms with E-state index < -0.39 is 11.7 Å². The van der Waals surface area contributed by atoms with Crippen LogP contribution in [-0.4, -0.2) is 31.4 Å². The highest BCUT2D eigenvalue weighted by Crippen LogP contribution is 2.19. The first-order chi connectivity index (χ1) is 11.4. The Kier molecular flexibility index (Phi) is 6.35. The maximum atomic E-state index is 13.8. The summed E-state index contributed by atoms with van der Waals surface area (Å²) < 4.78 is 13.8. The number of halogens is 2. The van der Waals surface area contributed by atoms with E-state index in [1.54, 1.807) is 0 Å². The van der Waals surface area contributed by atoms with Crippen LogP contribution in [0.3, 0.4) is 0 Å². The van der Waals surface area contributed by atoms with Gasteiger partial charge < -0.3 is 10.2 Å². The van der Waals surface area contributed by atoms with Crippen molar-refractivity contribution in [2.75, 3.05) is 20.6 Å². The molecule has 0 aliphatic heterocycles. The molecule has 0 saturated carbocycles. The predicted octanol–water partition coefficient (Wildman–Crippen LogP) is 4.07. The van der Waals surface area contributed by atoms with Crippen molar-refractivity contribution in [3.05, 3.63) is 70.0 Å². The van der Waals surface area contributed by atoms with Crippen molar-refractivity contribution < 1.29 is 9.18 Å². The van der Waals surface area contributed by atoms with Crippen LogP contribution in [0.4, 0.5) is 4.39 Å². The normalized spacial score (nSPS) is 12.2. The molecule has 128 valence electrons. The van der Waals surface area contributed by atoms with Crippen LogP contribution in [0.15, 0.2) is 42.5 Å².